The number of hydrogen-bond donors (Lipinski definition) is 3. The molecule has 0 fully saturated rings. The summed E-state index contributed by atoms with van der Waals surface area (Å²) in [6.45, 7) is 2.88. The van der Waals surface area contributed by atoms with Gasteiger partial charge in [-0.1, -0.05) is 30.3 Å². The number of halogens is 1. The van der Waals surface area contributed by atoms with Gasteiger partial charge in [0, 0.05) is 50.9 Å². The number of aromatic amines is 1. The summed E-state index contributed by atoms with van der Waals surface area (Å²) in [5.74, 6) is -0.860. The fourth-order valence-corrected chi connectivity index (χ4v) is 5.03. The standard InChI is InChI=1S/C25H22BrN3O4/c1-2-33-13-14(30)11-29-12-18(16-7-5-8-19(26)23(16)29)22-21(24(31)28-25(22)32)17-10-27-20-9-4-3-6-15(17)20/h3-10,12,14,27,30H,2,11,13H2,1H3,(H,28,31,32). The number of ether oxygens (including phenoxy) is 1. The van der Waals surface area contributed by atoms with Gasteiger partial charge in [0.1, 0.15) is 0 Å². The number of amides is 2. The molecule has 8 heteroatoms. The fourth-order valence-electron chi connectivity index (χ4n) is 4.44. The number of benzene rings is 2. The van der Waals surface area contributed by atoms with Gasteiger partial charge < -0.3 is 19.4 Å². The van der Waals surface area contributed by atoms with Crippen LogP contribution in [0.5, 0.6) is 0 Å². The van der Waals surface area contributed by atoms with E-state index < -0.39 is 17.9 Å². The summed E-state index contributed by atoms with van der Waals surface area (Å²) >= 11 is 3.60. The van der Waals surface area contributed by atoms with Crippen molar-refractivity contribution in [3.8, 4) is 0 Å². The number of H-pyrrole nitrogens is 1. The molecule has 0 radical (unpaired) electrons. The Hall–Kier alpha value is -3.20. The maximum Gasteiger partial charge on any atom is 0.259 e. The number of fused-ring (bicyclic) bond motifs is 2. The zero-order valence-corrected chi connectivity index (χ0v) is 19.5. The second kappa shape index (κ2) is 8.62. The molecule has 1 atom stereocenters. The molecule has 168 valence electrons. The van der Waals surface area contributed by atoms with Crippen LogP contribution in [-0.2, 0) is 20.9 Å². The molecule has 1 aliphatic heterocycles. The first kappa shape index (κ1) is 21.6. The monoisotopic (exact) mass is 507 g/mol. The minimum absolute atomic E-state index is 0.207. The van der Waals surface area contributed by atoms with Gasteiger partial charge in [-0.05, 0) is 35.0 Å². The Morgan fingerprint density at radius 1 is 1.03 bits per heavy atom. The number of rotatable bonds is 7. The third kappa shape index (κ3) is 3.70. The molecular weight excluding hydrogens is 486 g/mol. The van der Waals surface area contributed by atoms with Gasteiger partial charge in [0.2, 0.25) is 0 Å². The highest BCUT2D eigenvalue weighted by atomic mass is 79.9. The Bertz CT molecular complexity index is 1430. The van der Waals surface area contributed by atoms with Gasteiger partial charge in [0.05, 0.1) is 35.9 Å². The summed E-state index contributed by atoms with van der Waals surface area (Å²) in [6.07, 6.45) is 2.87. The van der Waals surface area contributed by atoms with Crippen molar-refractivity contribution in [3.05, 3.63) is 70.5 Å². The van der Waals surface area contributed by atoms with Crippen molar-refractivity contribution < 1.29 is 19.4 Å². The van der Waals surface area contributed by atoms with E-state index in [0.29, 0.717) is 28.9 Å². The maximum atomic E-state index is 13.0. The highest BCUT2D eigenvalue weighted by Crippen LogP contribution is 2.39. The lowest BCUT2D eigenvalue weighted by Gasteiger charge is -2.13. The zero-order valence-electron chi connectivity index (χ0n) is 17.9. The quantitative estimate of drug-likeness (QED) is 0.331. The Kier molecular flexibility index (Phi) is 5.65. The van der Waals surface area contributed by atoms with E-state index in [2.05, 4.69) is 26.2 Å². The van der Waals surface area contributed by atoms with Crippen molar-refractivity contribution in [1.82, 2.24) is 14.9 Å². The lowest BCUT2D eigenvalue weighted by Crippen LogP contribution is -2.22. The third-order valence-electron chi connectivity index (χ3n) is 5.83. The summed E-state index contributed by atoms with van der Waals surface area (Å²) in [5.41, 5.74) is 3.70. The molecule has 3 N–H and O–H groups in total. The maximum absolute atomic E-state index is 13.0. The van der Waals surface area contributed by atoms with Crippen LogP contribution in [0.3, 0.4) is 0 Å². The molecule has 5 rings (SSSR count). The second-order valence-electron chi connectivity index (χ2n) is 7.93. The molecule has 33 heavy (non-hydrogen) atoms. The van der Waals surface area contributed by atoms with E-state index in [1.54, 1.807) is 6.20 Å². The van der Waals surface area contributed by atoms with Crippen molar-refractivity contribution in [2.75, 3.05) is 13.2 Å². The topological polar surface area (TPSA) is 96.3 Å². The summed E-state index contributed by atoms with van der Waals surface area (Å²) in [5, 5.41) is 14.6. The Balaban J connectivity index is 1.72. The summed E-state index contributed by atoms with van der Waals surface area (Å²) < 4.78 is 8.08. The van der Waals surface area contributed by atoms with Crippen molar-refractivity contribution in [2.45, 2.75) is 19.6 Å². The molecule has 1 aliphatic rings. The number of imide groups is 1. The normalized spacial score (nSPS) is 15.1. The van der Waals surface area contributed by atoms with Crippen LogP contribution < -0.4 is 5.32 Å². The molecule has 0 bridgehead atoms. The van der Waals surface area contributed by atoms with Crippen LogP contribution in [0.2, 0.25) is 0 Å². The van der Waals surface area contributed by atoms with Crippen LogP contribution in [0.15, 0.2) is 59.3 Å². The molecule has 0 saturated heterocycles. The number of aliphatic hydroxyl groups is 1. The van der Waals surface area contributed by atoms with Crippen molar-refractivity contribution in [3.63, 3.8) is 0 Å². The van der Waals surface area contributed by atoms with Crippen LogP contribution in [0, 0.1) is 0 Å². The lowest BCUT2D eigenvalue weighted by atomic mass is 9.95. The van der Waals surface area contributed by atoms with Crippen LogP contribution in [0.25, 0.3) is 33.0 Å². The molecular formula is C25H22BrN3O4. The van der Waals surface area contributed by atoms with Crippen LogP contribution >= 0.6 is 15.9 Å². The number of nitrogens with one attached hydrogen (secondary N) is 2. The average molecular weight is 508 g/mol. The number of para-hydroxylation sites is 2. The van der Waals surface area contributed by atoms with Crippen molar-refractivity contribution in [2.24, 2.45) is 0 Å². The van der Waals surface area contributed by atoms with Gasteiger partial charge in [-0.25, -0.2) is 0 Å². The van der Waals surface area contributed by atoms with Gasteiger partial charge >= 0.3 is 0 Å². The van der Waals surface area contributed by atoms with Gasteiger partial charge in [-0.15, -0.1) is 0 Å². The Morgan fingerprint density at radius 2 is 1.76 bits per heavy atom. The smallest absolute Gasteiger partial charge is 0.259 e. The molecule has 2 aromatic carbocycles. The van der Waals surface area contributed by atoms with Crippen LogP contribution in [0.4, 0.5) is 0 Å². The summed E-state index contributed by atoms with van der Waals surface area (Å²) in [4.78, 5) is 29.2. The number of aliphatic hydroxyl groups excluding tert-OH is 1. The molecule has 4 aromatic rings. The van der Waals surface area contributed by atoms with Gasteiger partial charge in [-0.3, -0.25) is 14.9 Å². The first-order valence-corrected chi connectivity index (χ1v) is 11.5. The van der Waals surface area contributed by atoms with Gasteiger partial charge in [-0.2, -0.15) is 0 Å². The van der Waals surface area contributed by atoms with Crippen molar-refractivity contribution in [1.29, 1.82) is 0 Å². The SMILES string of the molecule is CCOCC(O)Cn1cc(C2=C(c3c[nH]c4ccccc34)C(=O)NC2=O)c2cccc(Br)c21. The predicted octanol–water partition coefficient (Wildman–Crippen LogP) is 3.85. The van der Waals surface area contributed by atoms with E-state index in [1.165, 1.54) is 0 Å². The zero-order chi connectivity index (χ0) is 23.1. The summed E-state index contributed by atoms with van der Waals surface area (Å²) in [6, 6.07) is 13.4. The van der Waals surface area contributed by atoms with Gasteiger partial charge in [0.15, 0.2) is 0 Å². The third-order valence-corrected chi connectivity index (χ3v) is 6.47. The largest absolute Gasteiger partial charge is 0.389 e. The number of nitrogens with zero attached hydrogens (tertiary/aromatic N) is 1. The Morgan fingerprint density at radius 3 is 2.55 bits per heavy atom. The minimum atomic E-state index is -0.721. The van der Waals surface area contributed by atoms with E-state index in [0.717, 1.165) is 26.3 Å². The molecule has 2 aromatic heterocycles. The Labute approximate surface area is 198 Å². The van der Waals surface area contributed by atoms with Crippen LogP contribution in [-0.4, -0.2) is 45.8 Å². The predicted molar refractivity (Wildman–Crippen MR) is 130 cm³/mol. The molecule has 1 unspecified atom stereocenters. The highest BCUT2D eigenvalue weighted by Gasteiger charge is 2.35. The summed E-state index contributed by atoms with van der Waals surface area (Å²) in [7, 11) is 0. The highest BCUT2D eigenvalue weighted by molar-refractivity contribution is 9.10. The van der Waals surface area contributed by atoms with E-state index >= 15 is 0 Å². The molecule has 0 aliphatic carbocycles. The first-order valence-electron chi connectivity index (χ1n) is 10.7. The van der Waals surface area contributed by atoms with E-state index in [-0.39, 0.29) is 13.2 Å². The van der Waals surface area contributed by atoms with Crippen molar-refractivity contribution >= 4 is 60.7 Å². The number of aromatic nitrogens is 2. The molecule has 7 nitrogen and oxygen atoms in total. The van der Waals surface area contributed by atoms with E-state index in [9.17, 15) is 14.7 Å². The number of hydrogen-bond acceptors (Lipinski definition) is 4. The molecule has 3 heterocycles. The van der Waals surface area contributed by atoms with E-state index in [4.69, 9.17) is 4.74 Å². The minimum Gasteiger partial charge on any atom is -0.389 e. The van der Waals surface area contributed by atoms with E-state index in [1.807, 2.05) is 60.2 Å². The first-order chi connectivity index (χ1) is 16.0. The average Bonchev–Trinajstić information content (AvgIpc) is 3.46. The lowest BCUT2D eigenvalue weighted by molar-refractivity contribution is -0.122. The number of carbonyl (C=O) groups is 2. The number of carbonyl (C=O) groups excluding carboxylic acids is 2. The second-order valence-corrected chi connectivity index (χ2v) is 8.78. The van der Waals surface area contributed by atoms with Crippen LogP contribution in [0.1, 0.15) is 18.1 Å². The molecule has 0 saturated carbocycles. The fraction of sp³-hybridized carbons (Fsp3) is 0.200. The molecule has 2 amide bonds. The van der Waals surface area contributed by atoms with Gasteiger partial charge in [0.25, 0.3) is 11.8 Å². The molecule has 0 spiro atoms.